The lowest BCUT2D eigenvalue weighted by Crippen LogP contribution is -2.57. The van der Waals surface area contributed by atoms with Gasteiger partial charge in [0.25, 0.3) is 8.07 Å². The Kier molecular flexibility index (Phi) is 7.36. The summed E-state index contributed by atoms with van der Waals surface area (Å²) in [6, 6.07) is 59.4. The maximum absolute atomic E-state index is 3.79. The second kappa shape index (κ2) is 12.3. The lowest BCUT2D eigenvalue weighted by Gasteiger charge is -2.21. The first kappa shape index (κ1) is 28.2. The van der Waals surface area contributed by atoms with Gasteiger partial charge in [-0.15, -0.1) is 0 Å². The normalized spacial score (nSPS) is 11.1. The highest BCUT2D eigenvalue weighted by Crippen LogP contribution is 2.22. The predicted octanol–water partition coefficient (Wildman–Crippen LogP) is 8.32. The third kappa shape index (κ3) is 5.47. The number of hydrogen-bond donors (Lipinski definition) is 0. The molecule has 2 nitrogen and oxygen atoms in total. The number of rotatable bonds is 4. The smallest absolute Gasteiger partial charge is 0.276 e. The molecule has 0 amide bonds. The predicted molar refractivity (Wildman–Crippen MR) is 198 cm³/mol. The van der Waals surface area contributed by atoms with Crippen LogP contribution in [0.4, 0.5) is 0 Å². The highest BCUT2D eigenvalue weighted by molar-refractivity contribution is 7.13. The lowest BCUT2D eigenvalue weighted by molar-refractivity contribution is 1.13. The molecule has 0 aliphatic heterocycles. The van der Waals surface area contributed by atoms with Crippen LogP contribution in [0.15, 0.2) is 182 Å². The van der Waals surface area contributed by atoms with E-state index in [4.69, 9.17) is 0 Å². The van der Waals surface area contributed by atoms with Gasteiger partial charge in [-0.1, -0.05) is 120 Å². The molecule has 2 heterocycles. The van der Waals surface area contributed by atoms with Gasteiger partial charge in [-0.3, -0.25) is 0 Å². The standard InChI is InChI=1S/C44H30N2Si/c1-3-13-41(14-4-1)47(42-15-5-2-6-16-42,33-29-35-19-23-39(24-20-35)45-31-27-37-11-7-9-17-43(37)45)34-30-36-21-25-40(26-22-36)46-32-28-38-12-8-10-18-44(38)46/h1-28,31-32H. The van der Waals surface area contributed by atoms with Gasteiger partial charge in [0.2, 0.25) is 0 Å². The summed E-state index contributed by atoms with van der Waals surface area (Å²) in [5.41, 5.74) is 14.1. The molecule has 0 fully saturated rings. The van der Waals surface area contributed by atoms with Crippen molar-refractivity contribution < 1.29 is 0 Å². The van der Waals surface area contributed by atoms with E-state index < -0.39 is 8.07 Å². The number of aromatic nitrogens is 2. The van der Waals surface area contributed by atoms with Crippen LogP contribution >= 0.6 is 0 Å². The first-order valence-corrected chi connectivity index (χ1v) is 17.8. The van der Waals surface area contributed by atoms with Crippen molar-refractivity contribution in [1.82, 2.24) is 9.13 Å². The molecule has 0 atom stereocenters. The molecular formula is C44H30N2Si. The minimum absolute atomic E-state index is 0.971. The zero-order valence-electron chi connectivity index (χ0n) is 25.7. The fourth-order valence-electron chi connectivity index (χ4n) is 6.22. The molecule has 0 aliphatic rings. The van der Waals surface area contributed by atoms with Crippen LogP contribution in [0.25, 0.3) is 33.2 Å². The molecule has 0 saturated carbocycles. The third-order valence-corrected chi connectivity index (χ3v) is 12.1. The first-order valence-electron chi connectivity index (χ1n) is 15.8. The molecule has 0 bridgehead atoms. The molecule has 2 aromatic heterocycles. The van der Waals surface area contributed by atoms with Gasteiger partial charge in [-0.05, 0) is 93.9 Å². The summed E-state index contributed by atoms with van der Waals surface area (Å²) < 4.78 is 4.43. The SMILES string of the molecule is C(#C[Si](C#Cc1ccc(-n2ccc3ccccc32)cc1)(c1ccccc1)c1ccccc1)c1ccc(-n2ccc3ccccc32)cc1. The van der Waals surface area contributed by atoms with Crippen LogP contribution in [0.5, 0.6) is 0 Å². The Morgan fingerprint density at radius 1 is 0.362 bits per heavy atom. The Hall–Kier alpha value is -6.26. The molecule has 0 spiro atoms. The minimum Gasteiger partial charge on any atom is -0.317 e. The maximum atomic E-state index is 3.79. The molecule has 220 valence electrons. The van der Waals surface area contributed by atoms with Crippen molar-refractivity contribution in [2.75, 3.05) is 0 Å². The lowest BCUT2D eigenvalue weighted by atomic mass is 10.2. The Morgan fingerprint density at radius 2 is 0.745 bits per heavy atom. The average molecular weight is 615 g/mol. The van der Waals surface area contributed by atoms with E-state index in [9.17, 15) is 0 Å². The second-order valence-electron chi connectivity index (χ2n) is 11.6. The summed E-state index contributed by atoms with van der Waals surface area (Å²) >= 11 is 0. The van der Waals surface area contributed by atoms with E-state index in [-0.39, 0.29) is 0 Å². The van der Waals surface area contributed by atoms with E-state index in [1.54, 1.807) is 0 Å². The topological polar surface area (TPSA) is 9.86 Å². The number of para-hydroxylation sites is 2. The average Bonchev–Trinajstić information content (AvgIpc) is 3.78. The molecule has 0 aliphatic carbocycles. The van der Waals surface area contributed by atoms with Crippen LogP contribution in [-0.4, -0.2) is 17.2 Å². The Bertz CT molecular complexity index is 2270. The van der Waals surface area contributed by atoms with E-state index in [1.807, 2.05) is 0 Å². The fourth-order valence-corrected chi connectivity index (χ4v) is 9.24. The molecule has 0 radical (unpaired) electrons. The monoisotopic (exact) mass is 614 g/mol. The van der Waals surface area contributed by atoms with Gasteiger partial charge in [0.15, 0.2) is 0 Å². The quantitative estimate of drug-likeness (QED) is 0.139. The van der Waals surface area contributed by atoms with Crippen molar-refractivity contribution in [1.29, 1.82) is 0 Å². The Balaban J connectivity index is 1.19. The summed E-state index contributed by atoms with van der Waals surface area (Å²) in [5, 5.41) is 4.81. The maximum Gasteiger partial charge on any atom is 0.276 e. The summed E-state index contributed by atoms with van der Waals surface area (Å²) in [7, 11) is -2.85. The van der Waals surface area contributed by atoms with Crippen molar-refractivity contribution in [3.8, 4) is 34.3 Å². The van der Waals surface area contributed by atoms with Gasteiger partial charge in [0.05, 0.1) is 11.0 Å². The van der Waals surface area contributed by atoms with Crippen molar-refractivity contribution in [2.24, 2.45) is 0 Å². The largest absolute Gasteiger partial charge is 0.317 e. The van der Waals surface area contributed by atoms with Gasteiger partial charge >= 0.3 is 0 Å². The summed E-state index contributed by atoms with van der Waals surface area (Å²) in [5.74, 6) is 7.14. The van der Waals surface area contributed by atoms with Crippen molar-refractivity contribution in [2.45, 2.75) is 0 Å². The van der Waals surface area contributed by atoms with Crippen molar-refractivity contribution in [3.05, 3.63) is 193 Å². The zero-order chi connectivity index (χ0) is 31.5. The van der Waals surface area contributed by atoms with Crippen LogP contribution in [0.1, 0.15) is 11.1 Å². The number of benzene rings is 6. The van der Waals surface area contributed by atoms with Crippen LogP contribution in [0.2, 0.25) is 0 Å². The van der Waals surface area contributed by atoms with Crippen molar-refractivity contribution >= 4 is 40.3 Å². The number of hydrogen-bond acceptors (Lipinski definition) is 0. The summed E-state index contributed by atoms with van der Waals surface area (Å²) in [4.78, 5) is 0. The van der Waals surface area contributed by atoms with E-state index in [2.05, 4.69) is 214 Å². The molecule has 0 saturated heterocycles. The van der Waals surface area contributed by atoms with Crippen LogP contribution < -0.4 is 10.4 Å². The van der Waals surface area contributed by atoms with Crippen LogP contribution in [-0.2, 0) is 0 Å². The number of nitrogens with zero attached hydrogens (tertiary/aromatic N) is 2. The van der Waals surface area contributed by atoms with E-state index >= 15 is 0 Å². The summed E-state index contributed by atoms with van der Waals surface area (Å²) in [6.07, 6.45) is 4.24. The van der Waals surface area contributed by atoms with Crippen LogP contribution in [0.3, 0.4) is 0 Å². The molecule has 0 unspecified atom stereocenters. The molecule has 47 heavy (non-hydrogen) atoms. The minimum atomic E-state index is -2.85. The molecular weight excluding hydrogens is 585 g/mol. The van der Waals surface area contributed by atoms with Crippen molar-refractivity contribution in [3.63, 3.8) is 0 Å². The molecule has 8 rings (SSSR count). The first-order chi connectivity index (χ1) is 23.3. The van der Waals surface area contributed by atoms with Gasteiger partial charge in [-0.2, -0.15) is 0 Å². The summed E-state index contributed by atoms with van der Waals surface area (Å²) in [6.45, 7) is 0. The van der Waals surface area contributed by atoms with E-state index in [0.29, 0.717) is 0 Å². The van der Waals surface area contributed by atoms with Gasteiger partial charge in [-0.25, -0.2) is 0 Å². The van der Waals surface area contributed by atoms with Gasteiger partial charge in [0.1, 0.15) is 0 Å². The highest BCUT2D eigenvalue weighted by atomic mass is 28.3. The van der Waals surface area contributed by atoms with Gasteiger partial charge < -0.3 is 9.13 Å². The number of fused-ring (bicyclic) bond motifs is 2. The molecule has 8 aromatic rings. The fraction of sp³-hybridized carbons (Fsp3) is 0. The van der Waals surface area contributed by atoms with E-state index in [0.717, 1.165) is 22.5 Å². The molecule has 3 heteroatoms. The second-order valence-corrected chi connectivity index (χ2v) is 14.7. The highest BCUT2D eigenvalue weighted by Gasteiger charge is 2.34. The Labute approximate surface area is 276 Å². The van der Waals surface area contributed by atoms with Crippen LogP contribution in [0, 0.1) is 22.9 Å². The van der Waals surface area contributed by atoms with Gasteiger partial charge in [0, 0.05) is 34.9 Å². The zero-order valence-corrected chi connectivity index (χ0v) is 26.7. The molecule has 6 aromatic carbocycles. The Morgan fingerprint density at radius 3 is 1.17 bits per heavy atom. The van der Waals surface area contributed by atoms with E-state index in [1.165, 1.54) is 32.2 Å². The molecule has 0 N–H and O–H groups in total. The third-order valence-electron chi connectivity index (χ3n) is 8.69.